The quantitative estimate of drug-likeness (QED) is 0.0243. The lowest BCUT2D eigenvalue weighted by atomic mass is 9.94. The molecule has 3 fully saturated rings. The molecule has 6 atom stereocenters. The molecule has 15 rings (SSSR count). The summed E-state index contributed by atoms with van der Waals surface area (Å²) in [6.45, 7) is 17.0. The fraction of sp³-hybridized carbons (Fsp3) is 0.265. The second-order valence-electron chi connectivity index (χ2n) is 26.9. The number of carboxylic acid groups (broad SMARTS) is 1. The maximum atomic E-state index is 15.1. The molecular weight excluding hydrogens is 1550 g/mol. The number of aliphatic hydroxyl groups is 3. The Bertz CT molecular complexity index is 5080. The van der Waals surface area contributed by atoms with Crippen LogP contribution in [0.15, 0.2) is 144 Å². The van der Waals surface area contributed by atoms with E-state index in [1.807, 2.05) is 20.8 Å². The highest BCUT2D eigenvalue weighted by Crippen LogP contribution is 2.50. The Hall–Kier alpha value is -12.7. The first kappa shape index (κ1) is 81.8. The van der Waals surface area contributed by atoms with E-state index in [1.165, 1.54) is 54.6 Å². The van der Waals surface area contributed by atoms with Crippen LogP contribution in [-0.2, 0) is 67.0 Å². The molecule has 115 heavy (non-hydrogen) atoms. The van der Waals surface area contributed by atoms with E-state index in [2.05, 4.69) is 15.0 Å². The van der Waals surface area contributed by atoms with Crippen molar-refractivity contribution in [3.8, 4) is 17.2 Å². The molecule has 0 spiro atoms. The number of fused-ring (bicyclic) bond motifs is 3. The largest absolute Gasteiger partial charge is 0.507 e. The van der Waals surface area contributed by atoms with Crippen molar-refractivity contribution >= 4 is 126 Å². The number of halogens is 3. The summed E-state index contributed by atoms with van der Waals surface area (Å²) < 4.78 is 77.6. The number of ketones is 3. The SMILES string of the molecule is CC(=O)O.CCOC(=O)c1sc(N2C(=O)C(=O)/C(=C(/O)c3ccc4c(c3)CC(C)O4)C2c2ccccc2F)nc1C.CCOC(=O)c1sc(N2C(=O)C(=O)/C(=C(/O)c3ccc4c(c3)CC(C)O4)C2c2ccccc2F)nc1C.CCOC(=O)c1sc(N2C(=O)C(=O)/C(=C(/O)c3ccc4c(c3)CC(C)O4)C2c2ccccc2F)nc1C. The van der Waals surface area contributed by atoms with Crippen LogP contribution in [0.2, 0.25) is 0 Å². The highest BCUT2D eigenvalue weighted by molar-refractivity contribution is 7.18. The summed E-state index contributed by atoms with van der Waals surface area (Å²) in [4.78, 5) is 143. The topological polar surface area (TPSA) is 355 Å². The molecule has 9 aromatic rings. The summed E-state index contributed by atoms with van der Waals surface area (Å²) in [7, 11) is 0. The molecular formula is C83H73F3N6O20S3. The number of aryl methyl sites for hydroxylation is 3. The number of Topliss-reactive ketones (excluding diaryl/α,β-unsaturated/α-hetero) is 3. The smallest absolute Gasteiger partial charge is 0.350 e. The van der Waals surface area contributed by atoms with Gasteiger partial charge in [-0.3, -0.25) is 48.3 Å². The van der Waals surface area contributed by atoms with Crippen LogP contribution in [0.5, 0.6) is 17.2 Å². The minimum Gasteiger partial charge on any atom is -0.507 e. The maximum absolute atomic E-state index is 15.1. The Labute approximate surface area is 666 Å². The van der Waals surface area contributed by atoms with Gasteiger partial charge < -0.3 is 48.8 Å². The number of aromatic nitrogens is 3. The summed E-state index contributed by atoms with van der Waals surface area (Å²) in [5.41, 5.74) is 3.59. The number of carbonyl (C=O) groups is 10. The van der Waals surface area contributed by atoms with Gasteiger partial charge in [0.2, 0.25) is 0 Å². The van der Waals surface area contributed by atoms with Crippen molar-refractivity contribution in [1.29, 1.82) is 0 Å². The molecule has 4 N–H and O–H groups in total. The number of esters is 3. The van der Waals surface area contributed by atoms with Crippen molar-refractivity contribution in [3.63, 3.8) is 0 Å². The third kappa shape index (κ3) is 16.2. The predicted octanol–water partition coefficient (Wildman–Crippen LogP) is 14.2. The van der Waals surface area contributed by atoms with Crippen molar-refractivity contribution in [2.75, 3.05) is 34.5 Å². The zero-order valence-corrected chi connectivity index (χ0v) is 65.6. The molecule has 0 bridgehead atoms. The summed E-state index contributed by atoms with van der Waals surface area (Å²) in [5, 5.41) is 41.5. The van der Waals surface area contributed by atoms with E-state index in [0.717, 1.165) is 72.3 Å². The second kappa shape index (κ2) is 33.9. The monoisotopic (exact) mass is 1630 g/mol. The number of amides is 3. The van der Waals surface area contributed by atoms with Gasteiger partial charge in [-0.05, 0) is 152 Å². The van der Waals surface area contributed by atoms with Crippen LogP contribution in [0, 0.1) is 38.2 Å². The molecule has 0 aliphatic carbocycles. The van der Waals surface area contributed by atoms with Crippen molar-refractivity contribution in [1.82, 2.24) is 15.0 Å². The van der Waals surface area contributed by atoms with Gasteiger partial charge in [-0.1, -0.05) is 88.6 Å². The number of hydrogen-bond donors (Lipinski definition) is 4. The summed E-state index contributed by atoms with van der Waals surface area (Å²) in [6, 6.07) is 28.2. The van der Waals surface area contributed by atoms with Gasteiger partial charge in [0.05, 0.1) is 53.6 Å². The summed E-state index contributed by atoms with van der Waals surface area (Å²) >= 11 is 2.59. The standard InChI is InChI=1S/3C27H23FN2O6S.C2H4O2/c3*1-4-35-26(34)24-14(3)29-27(37-24)30-21(17-7-5-6-8-18(17)28)20(23(32)25(30)33)22(31)15-9-10-19-16(12-15)11-13(2)36-19;1-2(3)4/h3*5-10,12-13,21,31H,4,11H2,1-3H3;1H3,(H,3,4)/b3*22-20+;. The molecule has 0 saturated carbocycles. The number of aliphatic hydroxyl groups excluding tert-OH is 3. The van der Waals surface area contributed by atoms with E-state index in [9.17, 15) is 58.5 Å². The Kier molecular flexibility index (Phi) is 24.1. The molecule has 32 heteroatoms. The number of rotatable bonds is 15. The number of thiazole rings is 3. The second-order valence-corrected chi connectivity index (χ2v) is 29.8. The van der Waals surface area contributed by atoms with Gasteiger partial charge in [-0.2, -0.15) is 0 Å². The van der Waals surface area contributed by atoms with Crippen LogP contribution in [0.1, 0.15) is 163 Å². The molecule has 0 radical (unpaired) electrons. The zero-order chi connectivity index (χ0) is 82.9. The molecule has 9 heterocycles. The number of aliphatic carboxylic acids is 1. The van der Waals surface area contributed by atoms with Gasteiger partial charge in [0, 0.05) is 59.6 Å². The lowest BCUT2D eigenvalue weighted by Crippen LogP contribution is -2.29. The number of benzene rings is 6. The highest BCUT2D eigenvalue weighted by atomic mass is 32.1. The minimum absolute atomic E-state index is 0.00639. The molecule has 6 aliphatic rings. The number of nitrogens with zero attached hydrogens (tertiary/aromatic N) is 6. The maximum Gasteiger partial charge on any atom is 0.350 e. The lowest BCUT2D eigenvalue weighted by Gasteiger charge is -2.23. The number of anilines is 3. The van der Waals surface area contributed by atoms with E-state index < -0.39 is 112 Å². The van der Waals surface area contributed by atoms with Crippen LogP contribution in [0.3, 0.4) is 0 Å². The molecule has 3 aromatic heterocycles. The average Bonchev–Trinajstić information content (AvgIpc) is 1.60. The van der Waals surface area contributed by atoms with Crippen molar-refractivity contribution in [2.45, 2.75) is 125 Å². The molecule has 6 unspecified atom stereocenters. The first-order valence-corrected chi connectivity index (χ1v) is 38.5. The normalized spacial score (nSPS) is 19.7. The summed E-state index contributed by atoms with van der Waals surface area (Å²) in [6.07, 6.45) is 1.78. The van der Waals surface area contributed by atoms with Crippen LogP contribution in [-0.4, -0.2) is 132 Å². The van der Waals surface area contributed by atoms with Gasteiger partial charge in [0.25, 0.3) is 23.3 Å². The first-order valence-electron chi connectivity index (χ1n) is 36.1. The molecule has 6 aliphatic heterocycles. The predicted molar refractivity (Wildman–Crippen MR) is 416 cm³/mol. The van der Waals surface area contributed by atoms with Gasteiger partial charge in [-0.15, -0.1) is 0 Å². The Morgan fingerprint density at radius 2 is 0.670 bits per heavy atom. The van der Waals surface area contributed by atoms with E-state index in [0.29, 0.717) is 70.3 Å². The van der Waals surface area contributed by atoms with Crippen molar-refractivity contribution < 1.29 is 110 Å². The van der Waals surface area contributed by atoms with E-state index in [4.69, 9.17) is 38.3 Å². The zero-order valence-electron chi connectivity index (χ0n) is 63.2. The minimum atomic E-state index is -1.30. The van der Waals surface area contributed by atoms with Gasteiger partial charge in [0.15, 0.2) is 15.4 Å². The van der Waals surface area contributed by atoms with Crippen LogP contribution >= 0.6 is 34.0 Å². The third-order valence-corrected chi connectivity index (χ3v) is 22.2. The van der Waals surface area contributed by atoms with E-state index in [-0.39, 0.29) is 102 Å². The number of carboxylic acids is 1. The van der Waals surface area contributed by atoms with Gasteiger partial charge in [0.1, 0.15) is 103 Å². The fourth-order valence-electron chi connectivity index (χ4n) is 13.9. The third-order valence-electron chi connectivity index (χ3n) is 18.8. The average molecular weight is 1630 g/mol. The van der Waals surface area contributed by atoms with Crippen LogP contribution in [0.4, 0.5) is 28.6 Å². The molecule has 6 aromatic carbocycles. The molecule has 594 valence electrons. The lowest BCUT2D eigenvalue weighted by molar-refractivity contribution is -0.134. The number of ether oxygens (including phenoxy) is 6. The van der Waals surface area contributed by atoms with Gasteiger partial charge >= 0.3 is 35.6 Å². The number of carbonyl (C=O) groups excluding carboxylic acids is 9. The van der Waals surface area contributed by atoms with Crippen LogP contribution in [0.25, 0.3) is 17.3 Å². The molecule has 3 saturated heterocycles. The molecule has 26 nitrogen and oxygen atoms in total. The Morgan fingerprint density at radius 3 is 0.904 bits per heavy atom. The Balaban J connectivity index is 0.000000155. The van der Waals surface area contributed by atoms with E-state index >= 15 is 13.2 Å². The molecule has 3 amide bonds. The van der Waals surface area contributed by atoms with Crippen molar-refractivity contribution in [3.05, 3.63) is 243 Å². The van der Waals surface area contributed by atoms with Crippen molar-refractivity contribution in [2.24, 2.45) is 0 Å². The van der Waals surface area contributed by atoms with E-state index in [1.54, 1.807) is 114 Å². The number of hydrogen-bond acceptors (Lipinski definition) is 25. The fourth-order valence-corrected chi connectivity index (χ4v) is 16.8. The van der Waals surface area contributed by atoms with Crippen LogP contribution < -0.4 is 28.9 Å². The first-order chi connectivity index (χ1) is 54.8. The summed E-state index contributed by atoms with van der Waals surface area (Å²) in [5.74, 6) is -9.86. The highest BCUT2D eigenvalue weighted by Gasteiger charge is 2.53. The Morgan fingerprint density at radius 1 is 0.426 bits per heavy atom. The van der Waals surface area contributed by atoms with Gasteiger partial charge in [-0.25, -0.2) is 42.5 Å².